The number of hydrogen-bond acceptors (Lipinski definition) is 3. The zero-order chi connectivity index (χ0) is 14.4. The second-order valence-corrected chi connectivity index (χ2v) is 5.14. The topological polar surface area (TPSA) is 41.6 Å². The Morgan fingerprint density at radius 3 is 2.71 bits per heavy atom. The molecule has 4 nitrogen and oxygen atoms in total. The largest absolute Gasteiger partial charge is 0.384 e. The van der Waals surface area contributed by atoms with Crippen molar-refractivity contribution in [2.24, 2.45) is 0 Å². The van der Waals surface area contributed by atoms with E-state index in [9.17, 15) is 4.79 Å². The molecule has 0 aliphatic carbocycles. The molecule has 118 valence electrons. The Kier molecular flexibility index (Phi) is 7.72. The first kappa shape index (κ1) is 18.0. The highest BCUT2D eigenvalue weighted by Crippen LogP contribution is 2.23. The van der Waals surface area contributed by atoms with Crippen molar-refractivity contribution < 1.29 is 9.53 Å². The molecule has 1 amide bonds. The summed E-state index contributed by atoms with van der Waals surface area (Å²) >= 11 is 0. The Morgan fingerprint density at radius 2 is 2.10 bits per heavy atom. The van der Waals surface area contributed by atoms with Gasteiger partial charge in [-0.3, -0.25) is 4.79 Å². The van der Waals surface area contributed by atoms with Crippen LogP contribution in [0, 0.1) is 0 Å². The number of carbonyl (C=O) groups is 1. The molecule has 1 saturated heterocycles. The van der Waals surface area contributed by atoms with Crippen molar-refractivity contribution in [2.45, 2.75) is 25.8 Å². The molecular weight excluding hydrogens is 288 g/mol. The molecule has 1 aromatic rings. The highest BCUT2D eigenvalue weighted by atomic mass is 35.5. The average Bonchev–Trinajstić information content (AvgIpc) is 2.52. The number of rotatable bonds is 5. The Balaban J connectivity index is 0.00000220. The number of benzene rings is 1. The molecule has 21 heavy (non-hydrogen) atoms. The number of ether oxygens (including phenoxy) is 1. The lowest BCUT2D eigenvalue weighted by atomic mass is 10.0. The van der Waals surface area contributed by atoms with E-state index in [0.29, 0.717) is 13.0 Å². The summed E-state index contributed by atoms with van der Waals surface area (Å²) in [5, 5.41) is 3.38. The van der Waals surface area contributed by atoms with Crippen molar-refractivity contribution in [3.63, 3.8) is 0 Å². The Bertz CT molecular complexity index is 436. The second-order valence-electron chi connectivity index (χ2n) is 5.14. The van der Waals surface area contributed by atoms with E-state index in [0.717, 1.165) is 26.1 Å². The summed E-state index contributed by atoms with van der Waals surface area (Å²) in [6.45, 7) is 5.09. The third-order valence-corrected chi connectivity index (χ3v) is 3.86. The van der Waals surface area contributed by atoms with Gasteiger partial charge < -0.3 is 15.0 Å². The molecule has 1 heterocycles. The zero-order valence-corrected chi connectivity index (χ0v) is 13.6. The molecule has 1 N–H and O–H groups in total. The monoisotopic (exact) mass is 312 g/mol. The molecule has 0 saturated carbocycles. The van der Waals surface area contributed by atoms with Crippen LogP contribution in [0.15, 0.2) is 24.3 Å². The van der Waals surface area contributed by atoms with Gasteiger partial charge in [-0.2, -0.15) is 0 Å². The van der Waals surface area contributed by atoms with Gasteiger partial charge in [-0.05, 0) is 17.5 Å². The quantitative estimate of drug-likeness (QED) is 0.906. The van der Waals surface area contributed by atoms with Gasteiger partial charge in [0.1, 0.15) is 0 Å². The first-order valence-corrected chi connectivity index (χ1v) is 7.34. The molecule has 1 aromatic carbocycles. The first-order chi connectivity index (χ1) is 9.76. The van der Waals surface area contributed by atoms with Gasteiger partial charge in [0.15, 0.2) is 0 Å². The number of nitrogens with zero attached hydrogens (tertiary/aromatic N) is 1. The smallest absolute Gasteiger partial charge is 0.225 e. The predicted octanol–water partition coefficient (Wildman–Crippen LogP) is 2.18. The number of piperazine rings is 1. The van der Waals surface area contributed by atoms with E-state index in [4.69, 9.17) is 4.74 Å². The minimum atomic E-state index is 0. The molecule has 0 aromatic heterocycles. The predicted molar refractivity (Wildman–Crippen MR) is 86.9 cm³/mol. The van der Waals surface area contributed by atoms with Crippen molar-refractivity contribution in [3.05, 3.63) is 35.4 Å². The number of amides is 1. The third-order valence-electron chi connectivity index (χ3n) is 3.86. The van der Waals surface area contributed by atoms with E-state index in [1.165, 1.54) is 11.1 Å². The van der Waals surface area contributed by atoms with E-state index in [1.54, 1.807) is 7.11 Å². The van der Waals surface area contributed by atoms with Gasteiger partial charge in [0.05, 0.1) is 19.1 Å². The van der Waals surface area contributed by atoms with E-state index in [1.807, 2.05) is 4.90 Å². The lowest BCUT2D eigenvalue weighted by Crippen LogP contribution is -2.48. The molecular formula is C16H25ClN2O2. The summed E-state index contributed by atoms with van der Waals surface area (Å²) in [5.74, 6) is 0.179. The fourth-order valence-electron chi connectivity index (χ4n) is 2.61. The summed E-state index contributed by atoms with van der Waals surface area (Å²) in [5.41, 5.74) is 2.54. The maximum Gasteiger partial charge on any atom is 0.225 e. The molecule has 2 rings (SSSR count). The fraction of sp³-hybridized carbons (Fsp3) is 0.562. The molecule has 1 fully saturated rings. The minimum absolute atomic E-state index is 0. The summed E-state index contributed by atoms with van der Waals surface area (Å²) in [7, 11) is 1.63. The van der Waals surface area contributed by atoms with Gasteiger partial charge >= 0.3 is 0 Å². The molecule has 0 radical (unpaired) electrons. The Hall–Kier alpha value is -1.10. The van der Waals surface area contributed by atoms with Gasteiger partial charge in [-0.15, -0.1) is 12.4 Å². The molecule has 5 heteroatoms. The molecule has 1 aliphatic rings. The number of aryl methyl sites for hydroxylation is 1. The Morgan fingerprint density at radius 1 is 1.38 bits per heavy atom. The fourth-order valence-corrected chi connectivity index (χ4v) is 2.61. The van der Waals surface area contributed by atoms with Crippen molar-refractivity contribution in [1.82, 2.24) is 10.2 Å². The summed E-state index contributed by atoms with van der Waals surface area (Å²) in [6, 6.07) is 8.74. The number of hydrogen-bond donors (Lipinski definition) is 1. The maximum atomic E-state index is 12.3. The van der Waals surface area contributed by atoms with E-state index in [2.05, 4.69) is 36.5 Å². The van der Waals surface area contributed by atoms with Crippen LogP contribution in [-0.4, -0.2) is 44.2 Å². The lowest BCUT2D eigenvalue weighted by Gasteiger charge is -2.36. The summed E-state index contributed by atoms with van der Waals surface area (Å²) in [6.07, 6.45) is 1.50. The van der Waals surface area contributed by atoms with Crippen molar-refractivity contribution in [3.8, 4) is 0 Å². The van der Waals surface area contributed by atoms with Crippen LogP contribution in [0.4, 0.5) is 0 Å². The van der Waals surface area contributed by atoms with Gasteiger partial charge in [0, 0.05) is 26.7 Å². The number of methoxy groups -OCH3 is 1. The molecule has 1 atom stereocenters. The average molecular weight is 313 g/mol. The van der Waals surface area contributed by atoms with Gasteiger partial charge in [0.2, 0.25) is 5.91 Å². The summed E-state index contributed by atoms with van der Waals surface area (Å²) < 4.78 is 5.01. The van der Waals surface area contributed by atoms with Crippen LogP contribution < -0.4 is 5.32 Å². The lowest BCUT2D eigenvalue weighted by molar-refractivity contribution is -0.135. The normalized spacial score (nSPS) is 18.2. The number of nitrogens with one attached hydrogen (secondary N) is 1. The molecule has 0 spiro atoms. The summed E-state index contributed by atoms with van der Waals surface area (Å²) in [4.78, 5) is 14.3. The van der Waals surface area contributed by atoms with Crippen LogP contribution in [0.5, 0.6) is 0 Å². The van der Waals surface area contributed by atoms with Crippen LogP contribution in [-0.2, 0) is 16.0 Å². The number of halogens is 1. The van der Waals surface area contributed by atoms with Gasteiger partial charge in [0.25, 0.3) is 0 Å². The highest BCUT2D eigenvalue weighted by molar-refractivity contribution is 5.85. The zero-order valence-electron chi connectivity index (χ0n) is 12.8. The van der Waals surface area contributed by atoms with Crippen LogP contribution in [0.1, 0.15) is 30.5 Å². The first-order valence-electron chi connectivity index (χ1n) is 7.34. The molecule has 1 unspecified atom stereocenters. The van der Waals surface area contributed by atoms with Gasteiger partial charge in [-0.1, -0.05) is 31.2 Å². The molecule has 0 bridgehead atoms. The van der Waals surface area contributed by atoms with E-state index in [-0.39, 0.29) is 24.4 Å². The van der Waals surface area contributed by atoms with Crippen LogP contribution in [0.25, 0.3) is 0 Å². The molecule has 1 aliphatic heterocycles. The van der Waals surface area contributed by atoms with Gasteiger partial charge in [-0.25, -0.2) is 0 Å². The maximum absolute atomic E-state index is 12.3. The minimum Gasteiger partial charge on any atom is -0.384 e. The van der Waals surface area contributed by atoms with Crippen molar-refractivity contribution >= 4 is 18.3 Å². The SMILES string of the molecule is CCc1ccc(C2CNCCN2C(=O)CCOC)cc1.Cl. The Labute approximate surface area is 133 Å². The third kappa shape index (κ3) is 4.70. The number of carbonyl (C=O) groups excluding carboxylic acids is 1. The van der Waals surface area contributed by atoms with Crippen molar-refractivity contribution in [2.75, 3.05) is 33.4 Å². The standard InChI is InChI=1S/C16H24N2O2.ClH/c1-3-13-4-6-14(7-5-13)15-12-17-9-10-18(15)16(19)8-11-20-2;/h4-7,15,17H,3,8-12H2,1-2H3;1H. The van der Waals surface area contributed by atoms with E-state index < -0.39 is 0 Å². The van der Waals surface area contributed by atoms with Crippen LogP contribution >= 0.6 is 12.4 Å². The van der Waals surface area contributed by atoms with Crippen molar-refractivity contribution in [1.29, 1.82) is 0 Å². The second kappa shape index (κ2) is 9.03. The van der Waals surface area contributed by atoms with E-state index >= 15 is 0 Å². The van der Waals surface area contributed by atoms with Crippen LogP contribution in [0.3, 0.4) is 0 Å². The van der Waals surface area contributed by atoms with Crippen LogP contribution in [0.2, 0.25) is 0 Å². The highest BCUT2D eigenvalue weighted by Gasteiger charge is 2.27.